The molecule has 2 fully saturated rings. The van der Waals surface area contributed by atoms with Crippen molar-refractivity contribution in [2.75, 3.05) is 26.2 Å². The van der Waals surface area contributed by atoms with Crippen molar-refractivity contribution in [1.29, 1.82) is 0 Å². The Labute approximate surface area is 116 Å². The van der Waals surface area contributed by atoms with Crippen molar-refractivity contribution >= 4 is 5.57 Å². The van der Waals surface area contributed by atoms with E-state index in [1.165, 1.54) is 56.5 Å². The zero-order valence-corrected chi connectivity index (χ0v) is 11.7. The van der Waals surface area contributed by atoms with Crippen LogP contribution < -0.4 is 0 Å². The van der Waals surface area contributed by atoms with Crippen molar-refractivity contribution in [3.05, 3.63) is 42.5 Å². The Morgan fingerprint density at radius 3 is 2.63 bits per heavy atom. The molecule has 2 heterocycles. The Balaban J connectivity index is 1.69. The molecular weight excluding hydrogens is 232 g/mol. The lowest BCUT2D eigenvalue weighted by Gasteiger charge is -2.33. The number of hydrogen-bond acceptors (Lipinski definition) is 2. The van der Waals surface area contributed by atoms with Gasteiger partial charge in [0.25, 0.3) is 0 Å². The molecule has 2 saturated heterocycles. The van der Waals surface area contributed by atoms with E-state index >= 15 is 0 Å². The molecule has 2 nitrogen and oxygen atoms in total. The molecule has 0 aliphatic carbocycles. The minimum Gasteiger partial charge on any atom is -0.288 e. The van der Waals surface area contributed by atoms with Gasteiger partial charge in [0.05, 0.1) is 6.17 Å². The summed E-state index contributed by atoms with van der Waals surface area (Å²) in [7, 11) is 0. The molecule has 3 rings (SSSR count). The Kier molecular flexibility index (Phi) is 4.00. The molecule has 1 atom stereocenters. The minimum atomic E-state index is 0.669. The third kappa shape index (κ3) is 2.90. The molecule has 2 aliphatic rings. The van der Waals surface area contributed by atoms with Crippen molar-refractivity contribution in [1.82, 2.24) is 9.80 Å². The first kappa shape index (κ1) is 12.9. The number of fused-ring (bicyclic) bond motifs is 1. The smallest absolute Gasteiger partial charge is 0.0625 e. The van der Waals surface area contributed by atoms with Gasteiger partial charge in [0.15, 0.2) is 0 Å². The second-order valence-electron chi connectivity index (χ2n) is 5.81. The molecule has 0 aromatic heterocycles. The maximum absolute atomic E-state index is 4.30. The van der Waals surface area contributed by atoms with Gasteiger partial charge in [-0.05, 0) is 49.9 Å². The quantitative estimate of drug-likeness (QED) is 0.819. The van der Waals surface area contributed by atoms with Crippen LogP contribution in [0.2, 0.25) is 0 Å². The molecule has 1 unspecified atom stereocenters. The van der Waals surface area contributed by atoms with E-state index in [9.17, 15) is 0 Å². The zero-order chi connectivity index (χ0) is 13.1. The lowest BCUT2D eigenvalue weighted by atomic mass is 10.1. The highest BCUT2D eigenvalue weighted by Gasteiger charge is 2.31. The average Bonchev–Trinajstić information content (AvgIpc) is 2.84. The number of benzene rings is 1. The van der Waals surface area contributed by atoms with E-state index in [-0.39, 0.29) is 0 Å². The molecule has 0 radical (unpaired) electrons. The van der Waals surface area contributed by atoms with Crippen molar-refractivity contribution in [3.63, 3.8) is 0 Å². The Morgan fingerprint density at radius 1 is 1.05 bits per heavy atom. The minimum absolute atomic E-state index is 0.669. The summed E-state index contributed by atoms with van der Waals surface area (Å²) in [6.07, 6.45) is 6.05. The standard InChI is InChI=1S/C17H24N2/c1-15(16-8-3-2-4-9-16)14-19-12-6-5-11-18-13-7-10-17(18)19/h2-4,8-9,17H,1,5-7,10-14H2. The first-order valence-electron chi connectivity index (χ1n) is 7.56. The summed E-state index contributed by atoms with van der Waals surface area (Å²) in [5.41, 5.74) is 2.55. The predicted octanol–water partition coefficient (Wildman–Crippen LogP) is 3.22. The lowest BCUT2D eigenvalue weighted by Crippen LogP contribution is -2.43. The van der Waals surface area contributed by atoms with E-state index in [2.05, 4.69) is 46.7 Å². The van der Waals surface area contributed by atoms with Crippen molar-refractivity contribution < 1.29 is 0 Å². The predicted molar refractivity (Wildman–Crippen MR) is 80.9 cm³/mol. The van der Waals surface area contributed by atoms with E-state index in [4.69, 9.17) is 0 Å². The summed E-state index contributed by atoms with van der Waals surface area (Å²) in [6.45, 7) is 9.13. The van der Waals surface area contributed by atoms with Gasteiger partial charge in [-0.25, -0.2) is 0 Å². The molecule has 0 amide bonds. The molecule has 2 heteroatoms. The van der Waals surface area contributed by atoms with E-state index < -0.39 is 0 Å². The lowest BCUT2D eigenvalue weighted by molar-refractivity contribution is 0.108. The van der Waals surface area contributed by atoms with Crippen LogP contribution in [-0.2, 0) is 0 Å². The number of hydrogen-bond donors (Lipinski definition) is 0. The van der Waals surface area contributed by atoms with Crippen molar-refractivity contribution in [3.8, 4) is 0 Å². The van der Waals surface area contributed by atoms with Crippen LogP contribution in [-0.4, -0.2) is 42.1 Å². The molecule has 102 valence electrons. The van der Waals surface area contributed by atoms with Gasteiger partial charge in [-0.3, -0.25) is 9.80 Å². The molecule has 19 heavy (non-hydrogen) atoms. The van der Waals surface area contributed by atoms with Gasteiger partial charge in [0.1, 0.15) is 0 Å². The van der Waals surface area contributed by atoms with Gasteiger partial charge in [0.2, 0.25) is 0 Å². The first-order valence-corrected chi connectivity index (χ1v) is 7.56. The van der Waals surface area contributed by atoms with Gasteiger partial charge in [-0.1, -0.05) is 36.9 Å². The van der Waals surface area contributed by atoms with Crippen LogP contribution in [0.1, 0.15) is 31.2 Å². The van der Waals surface area contributed by atoms with Gasteiger partial charge in [0, 0.05) is 13.1 Å². The molecule has 0 saturated carbocycles. The third-order valence-corrected chi connectivity index (χ3v) is 4.47. The second kappa shape index (κ2) is 5.89. The van der Waals surface area contributed by atoms with Crippen LogP contribution in [0.15, 0.2) is 36.9 Å². The van der Waals surface area contributed by atoms with Crippen LogP contribution in [0.4, 0.5) is 0 Å². The Morgan fingerprint density at radius 2 is 1.79 bits per heavy atom. The number of nitrogens with zero attached hydrogens (tertiary/aromatic N) is 2. The summed E-state index contributed by atoms with van der Waals surface area (Å²) >= 11 is 0. The van der Waals surface area contributed by atoms with Gasteiger partial charge >= 0.3 is 0 Å². The van der Waals surface area contributed by atoms with E-state index in [1.807, 2.05) is 0 Å². The fourth-order valence-electron chi connectivity index (χ4n) is 3.46. The molecule has 0 N–H and O–H groups in total. The highest BCUT2D eigenvalue weighted by Crippen LogP contribution is 2.26. The molecule has 1 aromatic carbocycles. The molecule has 0 bridgehead atoms. The second-order valence-corrected chi connectivity index (χ2v) is 5.81. The molecule has 1 aromatic rings. The normalized spacial score (nSPS) is 24.9. The summed E-state index contributed by atoms with van der Waals surface area (Å²) in [5.74, 6) is 0. The fraction of sp³-hybridized carbons (Fsp3) is 0.529. The summed E-state index contributed by atoms with van der Waals surface area (Å²) < 4.78 is 0. The van der Waals surface area contributed by atoms with Gasteiger partial charge in [-0.2, -0.15) is 0 Å². The molecule has 2 aliphatic heterocycles. The fourth-order valence-corrected chi connectivity index (χ4v) is 3.46. The van der Waals surface area contributed by atoms with Crippen LogP contribution in [0.25, 0.3) is 5.57 Å². The van der Waals surface area contributed by atoms with Crippen LogP contribution >= 0.6 is 0 Å². The zero-order valence-electron chi connectivity index (χ0n) is 11.7. The van der Waals surface area contributed by atoms with Crippen LogP contribution in [0.3, 0.4) is 0 Å². The van der Waals surface area contributed by atoms with Crippen molar-refractivity contribution in [2.45, 2.75) is 31.8 Å². The van der Waals surface area contributed by atoms with E-state index in [1.54, 1.807) is 0 Å². The molecular formula is C17H24N2. The van der Waals surface area contributed by atoms with E-state index in [0.29, 0.717) is 6.17 Å². The SMILES string of the molecule is C=C(CN1CCCCN2CCCC21)c1ccccc1. The Bertz CT molecular complexity index is 426. The van der Waals surface area contributed by atoms with Crippen LogP contribution in [0, 0.1) is 0 Å². The van der Waals surface area contributed by atoms with E-state index in [0.717, 1.165) is 6.54 Å². The van der Waals surface area contributed by atoms with Crippen LogP contribution in [0.5, 0.6) is 0 Å². The first-order chi connectivity index (χ1) is 9.34. The molecule has 0 spiro atoms. The monoisotopic (exact) mass is 256 g/mol. The summed E-state index contributed by atoms with van der Waals surface area (Å²) in [5, 5.41) is 0. The number of rotatable bonds is 3. The Hall–Kier alpha value is -1.12. The topological polar surface area (TPSA) is 6.48 Å². The maximum Gasteiger partial charge on any atom is 0.0625 e. The maximum atomic E-state index is 4.30. The third-order valence-electron chi connectivity index (χ3n) is 4.47. The van der Waals surface area contributed by atoms with Gasteiger partial charge in [-0.15, -0.1) is 0 Å². The summed E-state index contributed by atoms with van der Waals surface area (Å²) in [6, 6.07) is 10.6. The average molecular weight is 256 g/mol. The van der Waals surface area contributed by atoms with Gasteiger partial charge < -0.3 is 0 Å². The highest BCUT2D eigenvalue weighted by atomic mass is 15.4. The largest absolute Gasteiger partial charge is 0.288 e. The highest BCUT2D eigenvalue weighted by molar-refractivity contribution is 5.64. The summed E-state index contributed by atoms with van der Waals surface area (Å²) in [4.78, 5) is 5.32. The van der Waals surface area contributed by atoms with Crippen molar-refractivity contribution in [2.24, 2.45) is 0 Å².